The van der Waals surface area contributed by atoms with Crippen molar-refractivity contribution < 1.29 is 47.6 Å². The van der Waals surface area contributed by atoms with Gasteiger partial charge in [0.2, 0.25) is 0 Å². The molecule has 2 fully saturated rings. The number of rotatable bonds is 20. The lowest BCUT2D eigenvalue weighted by Gasteiger charge is -2.29. The first-order valence-corrected chi connectivity index (χ1v) is 20.7. The predicted octanol–water partition coefficient (Wildman–Crippen LogP) is 10.00. The smallest absolute Gasteiger partial charge is 0.343 e. The van der Waals surface area contributed by atoms with Crippen molar-refractivity contribution >= 4 is 23.9 Å². The molecule has 1 aliphatic carbocycles. The topological polar surface area (TPSA) is 124 Å². The Hall–Kier alpha value is -4.80. The highest BCUT2D eigenvalue weighted by Crippen LogP contribution is 2.38. The summed E-state index contributed by atoms with van der Waals surface area (Å²) in [6.07, 6.45) is 8.85. The fraction of sp³-hybridized carbons (Fsp3) is 0.489. The summed E-state index contributed by atoms with van der Waals surface area (Å²) in [6, 6.07) is 22.7. The summed E-state index contributed by atoms with van der Waals surface area (Å²) >= 11 is 0. The van der Waals surface area contributed by atoms with Crippen LogP contribution in [-0.4, -0.2) is 55.9 Å². The Labute approximate surface area is 337 Å². The van der Waals surface area contributed by atoms with E-state index in [1.54, 1.807) is 43.3 Å². The monoisotopic (exact) mass is 782 g/mol. The van der Waals surface area contributed by atoms with Gasteiger partial charge < -0.3 is 28.4 Å². The molecule has 1 aliphatic heterocycles. The van der Waals surface area contributed by atoms with Crippen LogP contribution in [0, 0.1) is 5.92 Å². The van der Waals surface area contributed by atoms with Crippen LogP contribution in [0.3, 0.4) is 0 Å². The van der Waals surface area contributed by atoms with E-state index in [2.05, 4.69) is 30.8 Å². The minimum Gasteiger partial charge on any atom is -0.464 e. The molecule has 0 unspecified atom stereocenters. The molecule has 0 bridgehead atoms. The van der Waals surface area contributed by atoms with Crippen LogP contribution in [0.25, 0.3) is 11.1 Å². The van der Waals surface area contributed by atoms with E-state index in [1.165, 1.54) is 44.1 Å². The Morgan fingerprint density at radius 2 is 1.16 bits per heavy atom. The van der Waals surface area contributed by atoms with Crippen molar-refractivity contribution in [1.29, 1.82) is 0 Å². The summed E-state index contributed by atoms with van der Waals surface area (Å²) in [5, 5.41) is 0. The summed E-state index contributed by atoms with van der Waals surface area (Å²) in [6.45, 7) is 10.2. The average Bonchev–Trinajstić information content (AvgIpc) is 3.69. The van der Waals surface area contributed by atoms with Crippen LogP contribution in [0.1, 0.15) is 132 Å². The third-order valence-electron chi connectivity index (χ3n) is 10.6. The van der Waals surface area contributed by atoms with Gasteiger partial charge in [-0.25, -0.2) is 19.2 Å². The number of ether oxygens (including phenoxy) is 6. The van der Waals surface area contributed by atoms with Gasteiger partial charge in [-0.3, -0.25) is 0 Å². The number of hydrogen-bond acceptors (Lipinski definition) is 10. The van der Waals surface area contributed by atoms with Gasteiger partial charge in [-0.1, -0.05) is 101 Å². The van der Waals surface area contributed by atoms with Gasteiger partial charge in [0.1, 0.15) is 5.75 Å². The van der Waals surface area contributed by atoms with E-state index in [4.69, 9.17) is 28.4 Å². The molecule has 5 rings (SSSR count). The van der Waals surface area contributed by atoms with Crippen molar-refractivity contribution in [2.24, 2.45) is 5.92 Å². The molecule has 3 aromatic carbocycles. The van der Waals surface area contributed by atoms with Crippen LogP contribution in [0.2, 0.25) is 0 Å². The SMILES string of the molecule is C=C(C)C(=O)OCCCCC[C@H]1CC[C@H](c2ccc(-c3ccc(C(=O)Oc4ccc(C5O[C@@H](C(=O)OCCCC)[C@H](C(=O)OCCCC)O5)cc4)cc3)cc2)CC1. The van der Waals surface area contributed by atoms with Crippen molar-refractivity contribution in [2.75, 3.05) is 19.8 Å². The van der Waals surface area contributed by atoms with Gasteiger partial charge in [0.05, 0.1) is 25.4 Å². The van der Waals surface area contributed by atoms with E-state index in [0.29, 0.717) is 47.8 Å². The summed E-state index contributed by atoms with van der Waals surface area (Å²) in [7, 11) is 0. The molecule has 1 saturated heterocycles. The fourth-order valence-electron chi connectivity index (χ4n) is 7.14. The van der Waals surface area contributed by atoms with Gasteiger partial charge in [0.15, 0.2) is 18.5 Å². The van der Waals surface area contributed by atoms with Gasteiger partial charge in [0, 0.05) is 11.1 Å². The van der Waals surface area contributed by atoms with E-state index >= 15 is 0 Å². The zero-order chi connectivity index (χ0) is 40.6. The zero-order valence-electron chi connectivity index (χ0n) is 33.7. The van der Waals surface area contributed by atoms with E-state index in [9.17, 15) is 19.2 Å². The van der Waals surface area contributed by atoms with Gasteiger partial charge >= 0.3 is 23.9 Å². The molecule has 0 radical (unpaired) electrons. The summed E-state index contributed by atoms with van der Waals surface area (Å²) in [5.74, 6) is -0.478. The maximum atomic E-state index is 13.0. The molecule has 57 heavy (non-hydrogen) atoms. The van der Waals surface area contributed by atoms with E-state index in [0.717, 1.165) is 42.7 Å². The molecule has 1 saturated carbocycles. The highest BCUT2D eigenvalue weighted by molar-refractivity contribution is 5.91. The van der Waals surface area contributed by atoms with E-state index < -0.39 is 36.4 Å². The maximum absolute atomic E-state index is 13.0. The van der Waals surface area contributed by atoms with Gasteiger partial charge in [0.25, 0.3) is 0 Å². The lowest BCUT2D eigenvalue weighted by Crippen LogP contribution is -2.39. The molecular weight excluding hydrogens is 725 g/mol. The molecule has 0 spiro atoms. The van der Waals surface area contributed by atoms with Crippen LogP contribution in [0.15, 0.2) is 84.9 Å². The van der Waals surface area contributed by atoms with Crippen LogP contribution in [0.5, 0.6) is 5.75 Å². The highest BCUT2D eigenvalue weighted by Gasteiger charge is 2.47. The first kappa shape index (κ1) is 43.3. The predicted molar refractivity (Wildman–Crippen MR) is 216 cm³/mol. The number of unbranched alkanes of at least 4 members (excludes halogenated alkanes) is 4. The largest absolute Gasteiger partial charge is 0.464 e. The number of carbonyl (C=O) groups is 4. The van der Waals surface area contributed by atoms with Crippen LogP contribution in [-0.2, 0) is 38.1 Å². The molecule has 0 amide bonds. The molecule has 3 aromatic rings. The van der Waals surface area contributed by atoms with Crippen LogP contribution < -0.4 is 4.74 Å². The standard InChI is InChI=1S/C47H58O10/c1-5-7-29-53-45(50)41-42(46(51)54-30-8-6-2)57-47(56-41)39-25-27-40(28-26-39)55-44(49)38-23-21-37(22-24-38)36-19-17-35(18-20-36)34-15-13-33(14-16-34)12-10-9-11-31-52-43(48)32(3)4/h17-28,33-34,41-42,47H,3,5-16,29-31H2,1-2,4H3/t33-,34-,41-,42-/m1/s1. The molecule has 0 aromatic heterocycles. The van der Waals surface area contributed by atoms with Crippen LogP contribution in [0.4, 0.5) is 0 Å². The Morgan fingerprint density at radius 3 is 1.70 bits per heavy atom. The van der Waals surface area contributed by atoms with E-state index in [1.807, 2.05) is 26.0 Å². The maximum Gasteiger partial charge on any atom is 0.343 e. The Kier molecular flexibility index (Phi) is 16.9. The number of hydrogen-bond donors (Lipinski definition) is 0. The third kappa shape index (κ3) is 12.9. The van der Waals surface area contributed by atoms with Gasteiger partial charge in [-0.15, -0.1) is 0 Å². The lowest BCUT2D eigenvalue weighted by molar-refractivity contribution is -0.163. The number of carbonyl (C=O) groups excluding carboxylic acids is 4. The molecule has 1 heterocycles. The molecular formula is C47H58O10. The van der Waals surface area contributed by atoms with E-state index in [-0.39, 0.29) is 19.2 Å². The van der Waals surface area contributed by atoms with Gasteiger partial charge in [-0.05, 0) is 105 Å². The van der Waals surface area contributed by atoms with Gasteiger partial charge in [-0.2, -0.15) is 0 Å². The number of benzene rings is 3. The lowest BCUT2D eigenvalue weighted by atomic mass is 9.77. The summed E-state index contributed by atoms with van der Waals surface area (Å²) < 4.78 is 33.2. The highest BCUT2D eigenvalue weighted by atomic mass is 16.8. The minimum absolute atomic E-state index is 0.220. The average molecular weight is 783 g/mol. The fourth-order valence-corrected chi connectivity index (χ4v) is 7.14. The molecule has 2 aliphatic rings. The zero-order valence-corrected chi connectivity index (χ0v) is 33.7. The van der Waals surface area contributed by atoms with Crippen molar-refractivity contribution in [3.63, 3.8) is 0 Å². The van der Waals surface area contributed by atoms with Crippen LogP contribution >= 0.6 is 0 Å². The molecule has 306 valence electrons. The molecule has 10 heteroatoms. The molecule has 0 N–H and O–H groups in total. The second-order valence-corrected chi connectivity index (χ2v) is 15.1. The number of esters is 4. The van der Waals surface area contributed by atoms with Crippen molar-refractivity contribution in [3.8, 4) is 16.9 Å². The van der Waals surface area contributed by atoms with Crippen molar-refractivity contribution in [2.45, 2.75) is 122 Å². The first-order chi connectivity index (χ1) is 27.7. The van der Waals surface area contributed by atoms with Crippen molar-refractivity contribution in [3.05, 3.63) is 102 Å². The first-order valence-electron chi connectivity index (χ1n) is 20.7. The Morgan fingerprint density at radius 1 is 0.632 bits per heavy atom. The Bertz CT molecular complexity index is 1730. The van der Waals surface area contributed by atoms with Crippen molar-refractivity contribution in [1.82, 2.24) is 0 Å². The summed E-state index contributed by atoms with van der Waals surface area (Å²) in [4.78, 5) is 50.1. The quantitative estimate of drug-likeness (QED) is 0.0360. The second kappa shape index (κ2) is 22.2. The summed E-state index contributed by atoms with van der Waals surface area (Å²) in [5.41, 5.74) is 4.88. The third-order valence-corrected chi connectivity index (χ3v) is 10.6. The molecule has 10 nitrogen and oxygen atoms in total. The Balaban J connectivity index is 1.07. The minimum atomic E-state index is -1.26. The molecule has 2 atom stereocenters. The normalized spacial score (nSPS) is 19.4. The second-order valence-electron chi connectivity index (χ2n) is 15.1.